The second-order valence-corrected chi connectivity index (χ2v) is 31.7. The van der Waals surface area contributed by atoms with Crippen LogP contribution in [0.2, 0.25) is 0 Å². The van der Waals surface area contributed by atoms with Crippen molar-refractivity contribution in [2.45, 2.75) is 38.5 Å². The van der Waals surface area contributed by atoms with Gasteiger partial charge in [-0.3, -0.25) is 9.88 Å². The zero-order valence-corrected chi connectivity index (χ0v) is 67.1. The molecule has 0 radical (unpaired) electrons. The van der Waals surface area contributed by atoms with Crippen LogP contribution in [0.25, 0.3) is 77.4 Å². The predicted molar refractivity (Wildman–Crippen MR) is 500 cm³/mol. The Morgan fingerprint density at radius 3 is 0.967 bits per heavy atom. The molecule has 572 valence electrons. The van der Waals surface area contributed by atoms with Crippen LogP contribution in [0.5, 0.6) is 0 Å². The van der Waals surface area contributed by atoms with E-state index in [1.165, 1.54) is 71.4 Å². The summed E-state index contributed by atoms with van der Waals surface area (Å²) >= 11 is 0. The fraction of sp³-hybridized carbons (Fsp3) is 0.0536. The third-order valence-corrected chi connectivity index (χ3v) is 24.5. The Morgan fingerprint density at radius 1 is 0.250 bits per heavy atom. The van der Waals surface area contributed by atoms with Crippen molar-refractivity contribution in [3.05, 3.63) is 482 Å². The number of fused-ring (bicyclic) bond motifs is 10. The third kappa shape index (κ3) is 12.2. The lowest BCUT2D eigenvalue weighted by Gasteiger charge is -2.47. The lowest BCUT2D eigenvalue weighted by Crippen LogP contribution is -2.38. The van der Waals surface area contributed by atoms with E-state index >= 15 is 0 Å². The lowest BCUT2D eigenvalue weighted by atomic mass is 9.62. The molecule has 2 aliphatic heterocycles. The number of benzene rings is 16. The quantitative estimate of drug-likeness (QED) is 0.108. The first-order valence-electron chi connectivity index (χ1n) is 41.3. The molecule has 20 aromatic rings. The molecule has 16 aromatic carbocycles. The first-order chi connectivity index (χ1) is 59.1. The van der Waals surface area contributed by atoms with Gasteiger partial charge in [-0.25, -0.2) is 4.98 Å². The molecule has 120 heavy (non-hydrogen) atoms. The minimum atomic E-state index is -0.779. The van der Waals surface area contributed by atoms with Crippen molar-refractivity contribution in [1.29, 1.82) is 0 Å². The van der Waals surface area contributed by atoms with Gasteiger partial charge in [-0.1, -0.05) is 281 Å². The number of pyridine rings is 2. The van der Waals surface area contributed by atoms with E-state index in [-0.39, 0.29) is 5.41 Å². The molecule has 0 spiro atoms. The number of hydrogen-bond acceptors (Lipinski definition) is 6. The van der Waals surface area contributed by atoms with Crippen LogP contribution in [0.15, 0.2) is 437 Å². The summed E-state index contributed by atoms with van der Waals surface area (Å²) in [4.78, 5) is 20.2. The number of para-hydroxylation sites is 8. The standard InChI is InChI=1S/C61H46N4.C51H38N4/c1-45-58(42-39-57(62-45)46-23-9-2-10-24-46)65-59-40-37-53(63(49-29-15-5-16-30-49)50-31-17-6-18-32-50)43-55(59)61(47-25-11-3-12-26-47,48-27-13-4-14-28-48)56-44-54(38-41-60(56)65)64(51-33-19-7-20-34-51)52-35-21-8-22-36-52;1-33-37(34-15-5-4-6-16-34)27-30-50(52-33)55-48-28-25-35(53-44-21-11-7-17-38(44)39-18-8-12-22-45(39)53)31-42(48)51(2,3)43-32-36(26-29-49(43)55)54-46-23-13-9-19-40(46)41-20-10-14-24-47(41)54/h2-44H,1H3;4-32H,1-3H3. The highest BCUT2D eigenvalue weighted by Gasteiger charge is 2.48. The highest BCUT2D eigenvalue weighted by molar-refractivity contribution is 6.11. The van der Waals surface area contributed by atoms with Gasteiger partial charge >= 0.3 is 0 Å². The molecule has 22 rings (SSSR count). The van der Waals surface area contributed by atoms with Gasteiger partial charge < -0.3 is 23.8 Å². The molecule has 0 saturated heterocycles. The van der Waals surface area contributed by atoms with E-state index in [0.29, 0.717) is 0 Å². The van der Waals surface area contributed by atoms with Crippen molar-refractivity contribution in [2.24, 2.45) is 0 Å². The van der Waals surface area contributed by atoms with Crippen LogP contribution < -0.4 is 19.6 Å². The second-order valence-electron chi connectivity index (χ2n) is 31.7. The Morgan fingerprint density at radius 2 is 0.583 bits per heavy atom. The maximum absolute atomic E-state index is 5.34. The molecule has 2 aliphatic rings. The highest BCUT2D eigenvalue weighted by atomic mass is 15.2. The van der Waals surface area contributed by atoms with E-state index in [9.17, 15) is 0 Å². The molecule has 8 heteroatoms. The van der Waals surface area contributed by atoms with Gasteiger partial charge in [-0.05, 0) is 223 Å². The van der Waals surface area contributed by atoms with Gasteiger partial charge in [0.25, 0.3) is 0 Å². The molecule has 6 heterocycles. The van der Waals surface area contributed by atoms with Gasteiger partial charge in [-0.2, -0.15) is 0 Å². The molecule has 0 unspecified atom stereocenters. The summed E-state index contributed by atoms with van der Waals surface area (Å²) in [6, 6.07) is 158. The van der Waals surface area contributed by atoms with Crippen molar-refractivity contribution in [3.63, 3.8) is 0 Å². The van der Waals surface area contributed by atoms with E-state index < -0.39 is 5.41 Å². The molecular weight excluding hydrogens is 1460 g/mol. The van der Waals surface area contributed by atoms with Crippen molar-refractivity contribution in [3.8, 4) is 33.8 Å². The molecule has 0 N–H and O–H groups in total. The average Bonchev–Trinajstić information content (AvgIpc) is 0.971. The number of anilines is 12. The summed E-state index contributed by atoms with van der Waals surface area (Å²) in [5.41, 5.74) is 31.4. The smallest absolute Gasteiger partial charge is 0.137 e. The molecule has 8 nitrogen and oxygen atoms in total. The molecular formula is C112H84N8. The fourth-order valence-corrected chi connectivity index (χ4v) is 19.0. The minimum absolute atomic E-state index is 0.344. The Bertz CT molecular complexity index is 6680. The van der Waals surface area contributed by atoms with Gasteiger partial charge in [0.1, 0.15) is 5.82 Å². The van der Waals surface area contributed by atoms with E-state index in [4.69, 9.17) is 9.97 Å². The zero-order valence-electron chi connectivity index (χ0n) is 67.1. The second kappa shape index (κ2) is 30.0. The molecule has 4 aromatic heterocycles. The predicted octanol–water partition coefficient (Wildman–Crippen LogP) is 29.5. The maximum Gasteiger partial charge on any atom is 0.137 e. The summed E-state index contributed by atoms with van der Waals surface area (Å²) in [7, 11) is 0. The number of nitrogens with zero attached hydrogens (tertiary/aromatic N) is 8. The molecule has 0 aliphatic carbocycles. The van der Waals surface area contributed by atoms with Gasteiger partial charge in [-0.15, -0.1) is 0 Å². The fourth-order valence-electron chi connectivity index (χ4n) is 19.0. The maximum atomic E-state index is 5.34. The van der Waals surface area contributed by atoms with Crippen LogP contribution in [-0.4, -0.2) is 19.1 Å². The van der Waals surface area contributed by atoms with Crippen molar-refractivity contribution in [2.75, 3.05) is 19.6 Å². The minimum Gasteiger partial charge on any atom is -0.310 e. The van der Waals surface area contributed by atoms with E-state index in [2.05, 4.69) is 487 Å². The Hall–Kier alpha value is -15.4. The molecule has 0 fully saturated rings. The van der Waals surface area contributed by atoms with Crippen LogP contribution >= 0.6 is 0 Å². The SMILES string of the molecule is Cc1nc(-c2ccccc2)ccc1N1c2ccc(N(c3ccccc3)c3ccccc3)cc2C(c2ccccc2)(c2ccccc2)c2cc(N(c3ccccc3)c3ccccc3)ccc21.Cc1nc(N2c3ccc(-n4c5ccccc5c5ccccc54)cc3C(C)(C)c3cc(-n4c5ccccc5c5ccccc54)ccc32)ccc1-c1ccccc1. The third-order valence-electron chi connectivity index (χ3n) is 24.5. The topological polar surface area (TPSA) is 48.6 Å². The molecule has 0 bridgehead atoms. The Labute approximate surface area is 700 Å². The van der Waals surface area contributed by atoms with Crippen LogP contribution in [-0.2, 0) is 10.8 Å². The number of aromatic nitrogens is 4. The van der Waals surface area contributed by atoms with Crippen molar-refractivity contribution < 1.29 is 0 Å². The van der Waals surface area contributed by atoms with E-state index in [1.54, 1.807) is 0 Å². The van der Waals surface area contributed by atoms with Crippen LogP contribution in [0.3, 0.4) is 0 Å². The van der Waals surface area contributed by atoms with Crippen molar-refractivity contribution in [1.82, 2.24) is 19.1 Å². The van der Waals surface area contributed by atoms with Gasteiger partial charge in [0.2, 0.25) is 0 Å². The summed E-state index contributed by atoms with van der Waals surface area (Å²) in [5, 5.41) is 5.04. The lowest BCUT2D eigenvalue weighted by molar-refractivity contribution is 0.630. The largest absolute Gasteiger partial charge is 0.310 e. The van der Waals surface area contributed by atoms with Gasteiger partial charge in [0.05, 0.1) is 67.3 Å². The van der Waals surface area contributed by atoms with E-state index in [0.717, 1.165) is 119 Å². The Kier molecular flexibility index (Phi) is 18.1. The van der Waals surface area contributed by atoms with Crippen LogP contribution in [0.4, 0.5) is 68.4 Å². The summed E-state index contributed by atoms with van der Waals surface area (Å²) < 4.78 is 4.85. The van der Waals surface area contributed by atoms with E-state index in [1.807, 2.05) is 6.07 Å². The summed E-state index contributed by atoms with van der Waals surface area (Å²) in [6.45, 7) is 9.02. The Balaban J connectivity index is 0.000000150. The molecule has 0 saturated carbocycles. The first kappa shape index (κ1) is 72.3. The summed E-state index contributed by atoms with van der Waals surface area (Å²) in [5.74, 6) is 0.907. The monoisotopic (exact) mass is 1540 g/mol. The van der Waals surface area contributed by atoms with Gasteiger partial charge in [0, 0.05) is 89.3 Å². The average molecular weight is 1540 g/mol. The first-order valence-corrected chi connectivity index (χ1v) is 41.3. The van der Waals surface area contributed by atoms with Gasteiger partial charge in [0.15, 0.2) is 0 Å². The van der Waals surface area contributed by atoms with Crippen LogP contribution in [0, 0.1) is 13.8 Å². The number of aryl methyl sites for hydroxylation is 2. The molecule has 0 atom stereocenters. The number of hydrogen-bond donors (Lipinski definition) is 0. The normalized spacial score (nSPS) is 12.9. The van der Waals surface area contributed by atoms with Crippen LogP contribution in [0.1, 0.15) is 58.6 Å². The summed E-state index contributed by atoms with van der Waals surface area (Å²) in [6.07, 6.45) is 0. The molecule has 0 amide bonds. The highest BCUT2D eigenvalue weighted by Crippen LogP contribution is 2.61. The zero-order chi connectivity index (χ0) is 80.4. The van der Waals surface area contributed by atoms with Crippen molar-refractivity contribution >= 4 is 112 Å². The number of rotatable bonds is 14.